The molecule has 0 saturated heterocycles. The number of rotatable bonds is 11. The first-order valence-electron chi connectivity index (χ1n) is 15.3. The molecule has 43 heavy (non-hydrogen) atoms. The molecule has 1 aliphatic rings. The zero-order valence-electron chi connectivity index (χ0n) is 25.9. The van der Waals surface area contributed by atoms with Crippen molar-refractivity contribution in [1.82, 2.24) is 24.6 Å². The summed E-state index contributed by atoms with van der Waals surface area (Å²) in [5, 5.41) is 9.90. The Hall–Kier alpha value is -3.71. The minimum Gasteiger partial charge on any atom is -0.346 e. The number of nitrogens with one attached hydrogen (secondary N) is 1. The minimum absolute atomic E-state index is 0.308. The van der Waals surface area contributed by atoms with Gasteiger partial charge in [0.05, 0.1) is 23.6 Å². The van der Waals surface area contributed by atoms with E-state index in [1.165, 1.54) is 31.2 Å². The molecule has 4 aromatic rings. The summed E-state index contributed by atoms with van der Waals surface area (Å²) in [5.41, 5.74) is 7.42. The second-order valence-corrected chi connectivity index (χ2v) is 12.0. The molecule has 0 fully saturated rings. The molecule has 1 unspecified atom stereocenters. The van der Waals surface area contributed by atoms with Crippen molar-refractivity contribution >= 4 is 28.3 Å². The summed E-state index contributed by atoms with van der Waals surface area (Å²) in [6, 6.07) is 10.5. The Morgan fingerprint density at radius 1 is 1.23 bits per heavy atom. The van der Waals surface area contributed by atoms with Gasteiger partial charge in [0.2, 0.25) is 0 Å². The molecule has 0 amide bonds. The third-order valence-electron chi connectivity index (χ3n) is 8.33. The monoisotopic (exact) mass is 600 g/mol. The second-order valence-electron chi connectivity index (χ2n) is 11.6. The highest BCUT2D eigenvalue weighted by Crippen LogP contribution is 2.39. The number of imidazole rings is 1. The maximum Gasteiger partial charge on any atom is 0.135 e. The van der Waals surface area contributed by atoms with Crippen LogP contribution in [0, 0.1) is 6.92 Å². The van der Waals surface area contributed by atoms with Crippen LogP contribution in [-0.4, -0.2) is 31.3 Å². The fourth-order valence-corrected chi connectivity index (χ4v) is 6.57. The molecule has 3 heterocycles. The molecular formula is C35H42ClFN6. The molecule has 0 saturated carbocycles. The lowest BCUT2D eigenvalue weighted by Gasteiger charge is -2.21. The SMILES string of the molecule is C=C(NC(C)=N/C=C\C)C(c1ncn2c1C[C@@H](F)C2)n1cc2c(C)cc(-c3ccc(C(CCC)CCC)cc3)c(Cl)c2n1. The van der Waals surface area contributed by atoms with E-state index in [-0.39, 0.29) is 0 Å². The lowest BCUT2D eigenvalue weighted by Crippen LogP contribution is -2.28. The summed E-state index contributed by atoms with van der Waals surface area (Å²) in [5.74, 6) is 1.27. The zero-order chi connectivity index (χ0) is 30.7. The topological polar surface area (TPSA) is 60.0 Å². The Balaban J connectivity index is 1.56. The second kappa shape index (κ2) is 13.3. The van der Waals surface area contributed by atoms with Gasteiger partial charge in [-0.3, -0.25) is 4.68 Å². The number of aryl methyl sites for hydroxylation is 1. The smallest absolute Gasteiger partial charge is 0.135 e. The number of halogens is 2. The van der Waals surface area contributed by atoms with Gasteiger partial charge in [0, 0.05) is 41.2 Å². The van der Waals surface area contributed by atoms with Gasteiger partial charge in [0.1, 0.15) is 23.6 Å². The maximum absolute atomic E-state index is 14.4. The van der Waals surface area contributed by atoms with Crippen LogP contribution in [0.2, 0.25) is 5.02 Å². The van der Waals surface area contributed by atoms with Gasteiger partial charge in [-0.05, 0) is 62.3 Å². The zero-order valence-corrected chi connectivity index (χ0v) is 26.6. The highest BCUT2D eigenvalue weighted by atomic mass is 35.5. The number of alkyl halides is 1. The van der Waals surface area contributed by atoms with Crippen molar-refractivity contribution in [3.05, 3.63) is 94.9 Å². The number of allylic oxidation sites excluding steroid dienone is 2. The van der Waals surface area contributed by atoms with Gasteiger partial charge < -0.3 is 9.88 Å². The molecule has 0 aliphatic carbocycles. The van der Waals surface area contributed by atoms with Gasteiger partial charge in [-0.15, -0.1) is 0 Å². The Bertz CT molecular complexity index is 1660. The summed E-state index contributed by atoms with van der Waals surface area (Å²) < 4.78 is 18.2. The van der Waals surface area contributed by atoms with Gasteiger partial charge in [0.15, 0.2) is 0 Å². The Morgan fingerprint density at radius 2 is 1.95 bits per heavy atom. The predicted octanol–water partition coefficient (Wildman–Crippen LogP) is 9.08. The van der Waals surface area contributed by atoms with Crippen LogP contribution in [0.25, 0.3) is 22.0 Å². The summed E-state index contributed by atoms with van der Waals surface area (Å²) in [7, 11) is 0. The van der Waals surface area contributed by atoms with Crippen LogP contribution in [0.15, 0.2) is 72.4 Å². The van der Waals surface area contributed by atoms with Crippen LogP contribution in [0.5, 0.6) is 0 Å². The maximum atomic E-state index is 14.4. The molecule has 1 N–H and O–H groups in total. The lowest BCUT2D eigenvalue weighted by atomic mass is 9.89. The molecule has 8 heteroatoms. The molecule has 0 spiro atoms. The van der Waals surface area contributed by atoms with Gasteiger partial charge >= 0.3 is 0 Å². The molecule has 1 aliphatic heterocycles. The normalized spacial score (nSPS) is 16.0. The Morgan fingerprint density at radius 3 is 2.63 bits per heavy atom. The van der Waals surface area contributed by atoms with Gasteiger partial charge in [0.25, 0.3) is 0 Å². The van der Waals surface area contributed by atoms with Crippen LogP contribution in [-0.2, 0) is 13.0 Å². The van der Waals surface area contributed by atoms with Gasteiger partial charge in [-0.1, -0.05) is 75.2 Å². The van der Waals surface area contributed by atoms with E-state index in [1.54, 1.807) is 12.5 Å². The van der Waals surface area contributed by atoms with E-state index < -0.39 is 12.2 Å². The summed E-state index contributed by atoms with van der Waals surface area (Å²) in [6.07, 6.45) is 11.4. The van der Waals surface area contributed by atoms with Crippen LogP contribution < -0.4 is 5.32 Å². The number of benzene rings is 2. The number of aromatic nitrogens is 4. The standard InChI is InChI=1S/C35H42ClFN6/c1-7-10-25(11-8-2)26-12-14-27(15-13-26)29-17-22(4)30-20-43(41-33(30)32(29)36)35(23(5)40-24(6)38-16-9-3)34-31-18-28(37)19-42(31)21-39-34/h9,12-17,20-21,25,28,35H,5,7-8,10-11,18-19H2,1-4,6H3,(H,38,40)/b16-9-/t28-,35?/m1/s1. The van der Waals surface area contributed by atoms with Gasteiger partial charge in [-0.2, -0.15) is 5.10 Å². The van der Waals surface area contributed by atoms with Crippen molar-refractivity contribution in [2.24, 2.45) is 4.99 Å². The number of hydrogen-bond acceptors (Lipinski definition) is 3. The fourth-order valence-electron chi connectivity index (χ4n) is 6.27. The van der Waals surface area contributed by atoms with E-state index in [1.807, 2.05) is 35.4 Å². The number of fused-ring (bicyclic) bond motifs is 2. The molecule has 6 nitrogen and oxygen atoms in total. The quantitative estimate of drug-likeness (QED) is 0.138. The molecule has 2 aromatic carbocycles. The first-order valence-corrected chi connectivity index (χ1v) is 15.7. The summed E-state index contributed by atoms with van der Waals surface area (Å²) >= 11 is 7.12. The highest BCUT2D eigenvalue weighted by molar-refractivity contribution is 6.38. The molecular weight excluding hydrogens is 559 g/mol. The first kappa shape index (κ1) is 30.7. The number of amidine groups is 1. The van der Waals surface area contributed by atoms with E-state index in [4.69, 9.17) is 21.7 Å². The van der Waals surface area contributed by atoms with E-state index in [0.717, 1.165) is 33.5 Å². The minimum atomic E-state index is -0.932. The van der Waals surface area contributed by atoms with E-state index in [0.29, 0.717) is 41.0 Å². The molecule has 2 atom stereocenters. The average molecular weight is 601 g/mol. The lowest BCUT2D eigenvalue weighted by molar-refractivity contribution is 0.328. The van der Waals surface area contributed by atoms with Crippen LogP contribution >= 0.6 is 11.6 Å². The van der Waals surface area contributed by atoms with Crippen molar-refractivity contribution < 1.29 is 4.39 Å². The third kappa shape index (κ3) is 6.32. The number of nitrogens with zero attached hydrogens (tertiary/aromatic N) is 5. The Kier molecular flexibility index (Phi) is 9.50. The van der Waals surface area contributed by atoms with Gasteiger partial charge in [-0.25, -0.2) is 14.4 Å². The number of aliphatic imine (C=N–C) groups is 1. The first-order chi connectivity index (χ1) is 20.7. The third-order valence-corrected chi connectivity index (χ3v) is 8.71. The predicted molar refractivity (Wildman–Crippen MR) is 177 cm³/mol. The molecule has 0 bridgehead atoms. The van der Waals surface area contributed by atoms with Crippen LogP contribution in [0.3, 0.4) is 0 Å². The molecule has 2 aromatic heterocycles. The highest BCUT2D eigenvalue weighted by Gasteiger charge is 2.32. The summed E-state index contributed by atoms with van der Waals surface area (Å²) in [6.45, 7) is 15.0. The Labute approximate surface area is 259 Å². The summed E-state index contributed by atoms with van der Waals surface area (Å²) in [4.78, 5) is 9.12. The van der Waals surface area contributed by atoms with Crippen molar-refractivity contribution in [2.45, 2.75) is 91.4 Å². The number of hydrogen-bond donors (Lipinski definition) is 1. The molecule has 226 valence electrons. The van der Waals surface area contributed by atoms with Crippen LogP contribution in [0.1, 0.15) is 87.9 Å². The average Bonchev–Trinajstić information content (AvgIpc) is 3.69. The van der Waals surface area contributed by atoms with E-state index in [9.17, 15) is 4.39 Å². The van der Waals surface area contributed by atoms with Crippen LogP contribution in [0.4, 0.5) is 4.39 Å². The largest absolute Gasteiger partial charge is 0.346 e. The van der Waals surface area contributed by atoms with Crippen molar-refractivity contribution in [1.29, 1.82) is 0 Å². The van der Waals surface area contributed by atoms with E-state index in [2.05, 4.69) is 68.0 Å². The molecule has 5 rings (SSSR count). The van der Waals surface area contributed by atoms with Crippen molar-refractivity contribution in [2.75, 3.05) is 0 Å². The fraction of sp³-hybridized carbons (Fsp3) is 0.400. The van der Waals surface area contributed by atoms with Crippen molar-refractivity contribution in [3.8, 4) is 11.1 Å². The van der Waals surface area contributed by atoms with Crippen molar-refractivity contribution in [3.63, 3.8) is 0 Å². The van der Waals surface area contributed by atoms with E-state index >= 15 is 0 Å². The molecule has 0 radical (unpaired) electrons.